The Bertz CT molecular complexity index is 793. The van der Waals surface area contributed by atoms with E-state index >= 15 is 0 Å². The molecule has 2 aliphatic heterocycles. The third kappa shape index (κ3) is 3.87. The molecule has 0 aliphatic carbocycles. The van der Waals surface area contributed by atoms with Gasteiger partial charge >= 0.3 is 0 Å². The molecule has 27 heavy (non-hydrogen) atoms. The Labute approximate surface area is 167 Å². The number of fused-ring (bicyclic) bond motifs is 1. The number of halogens is 1. The van der Waals surface area contributed by atoms with Crippen LogP contribution in [0.3, 0.4) is 0 Å². The lowest BCUT2D eigenvalue weighted by Gasteiger charge is -2.53. The maximum atomic E-state index is 9.97. The zero-order chi connectivity index (χ0) is 19.0. The van der Waals surface area contributed by atoms with Gasteiger partial charge in [-0.1, -0.05) is 49.7 Å². The highest BCUT2D eigenvalue weighted by molar-refractivity contribution is 6.30. The summed E-state index contributed by atoms with van der Waals surface area (Å²) in [4.78, 5) is 5.25. The normalized spacial score (nSPS) is 29.4. The fraction of sp³-hybridized carbons (Fsp3) is 0.478. The lowest BCUT2D eigenvalue weighted by atomic mass is 9.65. The highest BCUT2D eigenvalue weighted by Gasteiger charge is 2.44. The van der Waals surface area contributed by atoms with E-state index in [9.17, 15) is 5.11 Å². The number of hydrogen-bond acceptors (Lipinski definition) is 3. The maximum absolute atomic E-state index is 9.97. The van der Waals surface area contributed by atoms with Crippen LogP contribution in [0.1, 0.15) is 31.4 Å². The number of piperidine rings is 1. The summed E-state index contributed by atoms with van der Waals surface area (Å²) in [5.41, 5.74) is 2.70. The van der Waals surface area contributed by atoms with Crippen LogP contribution in [0.4, 0.5) is 0 Å². The summed E-state index contributed by atoms with van der Waals surface area (Å²) in [6, 6.07) is 16.7. The number of hydrogen-bond donors (Lipinski definition) is 1. The van der Waals surface area contributed by atoms with Crippen LogP contribution in [0.5, 0.6) is 5.75 Å². The molecule has 2 fully saturated rings. The molecule has 0 spiro atoms. The number of rotatable bonds is 3. The van der Waals surface area contributed by atoms with Crippen LogP contribution in [0, 0.1) is 5.92 Å². The Hall–Kier alpha value is -1.55. The minimum absolute atomic E-state index is 0.100. The van der Waals surface area contributed by atoms with E-state index in [1.54, 1.807) is 6.07 Å². The van der Waals surface area contributed by atoms with Crippen LogP contribution in [0.2, 0.25) is 5.02 Å². The molecular formula is C23H29ClN2O. The van der Waals surface area contributed by atoms with E-state index in [1.807, 2.05) is 24.3 Å². The van der Waals surface area contributed by atoms with Gasteiger partial charge in [-0.2, -0.15) is 0 Å². The first-order chi connectivity index (χ1) is 12.9. The molecule has 4 rings (SSSR count). The summed E-state index contributed by atoms with van der Waals surface area (Å²) < 4.78 is 0. The van der Waals surface area contributed by atoms with Crippen LogP contribution >= 0.6 is 11.6 Å². The Morgan fingerprint density at radius 3 is 2.63 bits per heavy atom. The molecule has 0 aromatic heterocycles. The summed E-state index contributed by atoms with van der Waals surface area (Å²) in [5, 5.41) is 10.8. The number of nitrogens with zero attached hydrogens (tertiary/aromatic N) is 2. The summed E-state index contributed by atoms with van der Waals surface area (Å²) in [6.45, 7) is 10.2. The van der Waals surface area contributed by atoms with E-state index in [0.717, 1.165) is 44.2 Å². The van der Waals surface area contributed by atoms with Gasteiger partial charge in [0, 0.05) is 43.8 Å². The number of phenols is 1. The van der Waals surface area contributed by atoms with Gasteiger partial charge in [-0.05, 0) is 53.1 Å². The highest BCUT2D eigenvalue weighted by atomic mass is 35.5. The van der Waals surface area contributed by atoms with E-state index in [4.69, 9.17) is 11.6 Å². The van der Waals surface area contributed by atoms with Crippen molar-refractivity contribution in [3.63, 3.8) is 0 Å². The molecule has 3 unspecified atom stereocenters. The van der Waals surface area contributed by atoms with Gasteiger partial charge in [0.05, 0.1) is 0 Å². The van der Waals surface area contributed by atoms with Crippen molar-refractivity contribution in [3.8, 4) is 5.75 Å². The first-order valence-electron chi connectivity index (χ1n) is 9.94. The van der Waals surface area contributed by atoms with E-state index < -0.39 is 0 Å². The third-order valence-corrected chi connectivity index (χ3v) is 7.02. The highest BCUT2D eigenvalue weighted by Crippen LogP contribution is 2.43. The average Bonchev–Trinajstić information content (AvgIpc) is 2.65. The number of phenolic OH excluding ortho intramolecular Hbond substituents is 1. The molecule has 1 N–H and O–H groups in total. The quantitative estimate of drug-likeness (QED) is 0.842. The van der Waals surface area contributed by atoms with Crippen LogP contribution < -0.4 is 0 Å². The van der Waals surface area contributed by atoms with Crippen molar-refractivity contribution >= 4 is 11.6 Å². The van der Waals surface area contributed by atoms with Crippen LogP contribution in [-0.2, 0) is 12.0 Å². The predicted octanol–water partition coefficient (Wildman–Crippen LogP) is 4.53. The molecule has 0 bridgehead atoms. The average molecular weight is 385 g/mol. The van der Waals surface area contributed by atoms with Gasteiger partial charge in [0.1, 0.15) is 5.75 Å². The number of piperazine rings is 1. The summed E-state index contributed by atoms with van der Waals surface area (Å²) in [7, 11) is 0. The second-order valence-electron chi connectivity index (χ2n) is 8.58. The third-order valence-electron chi connectivity index (χ3n) is 6.77. The van der Waals surface area contributed by atoms with Crippen LogP contribution in [-0.4, -0.2) is 47.1 Å². The van der Waals surface area contributed by atoms with E-state index in [-0.39, 0.29) is 5.41 Å². The van der Waals surface area contributed by atoms with Gasteiger partial charge in [0.2, 0.25) is 0 Å². The van der Waals surface area contributed by atoms with Crippen molar-refractivity contribution in [3.05, 3.63) is 64.7 Å². The molecule has 0 radical (unpaired) electrons. The van der Waals surface area contributed by atoms with Crippen molar-refractivity contribution in [1.29, 1.82) is 0 Å². The SMILES string of the molecule is CC1CN2CCN(Cc3ccc(Cl)cc3)CC2CC1(C)c1cccc(O)c1. The van der Waals surface area contributed by atoms with Crippen molar-refractivity contribution in [1.82, 2.24) is 9.80 Å². The smallest absolute Gasteiger partial charge is 0.115 e. The molecule has 4 heteroatoms. The Morgan fingerprint density at radius 1 is 1.11 bits per heavy atom. The Balaban J connectivity index is 1.49. The van der Waals surface area contributed by atoms with Crippen molar-refractivity contribution < 1.29 is 5.11 Å². The molecule has 0 saturated carbocycles. The zero-order valence-corrected chi connectivity index (χ0v) is 17.0. The van der Waals surface area contributed by atoms with Gasteiger partial charge in [0.25, 0.3) is 0 Å². The fourth-order valence-corrected chi connectivity index (χ4v) is 5.02. The Morgan fingerprint density at radius 2 is 1.89 bits per heavy atom. The topological polar surface area (TPSA) is 26.7 Å². The first kappa shape index (κ1) is 18.8. The summed E-state index contributed by atoms with van der Waals surface area (Å²) >= 11 is 6.02. The second kappa shape index (κ2) is 7.46. The van der Waals surface area contributed by atoms with Crippen LogP contribution in [0.15, 0.2) is 48.5 Å². The number of benzene rings is 2. The first-order valence-corrected chi connectivity index (χ1v) is 10.3. The van der Waals surface area contributed by atoms with Gasteiger partial charge in [0.15, 0.2) is 0 Å². The molecule has 2 heterocycles. The van der Waals surface area contributed by atoms with Crippen molar-refractivity contribution in [2.45, 2.75) is 38.3 Å². The summed E-state index contributed by atoms with van der Waals surface area (Å²) in [5.74, 6) is 0.940. The van der Waals surface area contributed by atoms with Gasteiger partial charge < -0.3 is 5.11 Å². The van der Waals surface area contributed by atoms with E-state index in [0.29, 0.717) is 17.7 Å². The van der Waals surface area contributed by atoms with Crippen molar-refractivity contribution in [2.24, 2.45) is 5.92 Å². The van der Waals surface area contributed by atoms with E-state index in [2.05, 4.69) is 41.8 Å². The molecule has 144 valence electrons. The zero-order valence-electron chi connectivity index (χ0n) is 16.2. The molecule has 0 amide bonds. The molecular weight excluding hydrogens is 356 g/mol. The fourth-order valence-electron chi connectivity index (χ4n) is 4.89. The lowest BCUT2D eigenvalue weighted by molar-refractivity contribution is -0.00557. The van der Waals surface area contributed by atoms with Crippen LogP contribution in [0.25, 0.3) is 0 Å². The number of aromatic hydroxyl groups is 1. The minimum Gasteiger partial charge on any atom is -0.508 e. The largest absolute Gasteiger partial charge is 0.508 e. The van der Waals surface area contributed by atoms with Gasteiger partial charge in [-0.15, -0.1) is 0 Å². The maximum Gasteiger partial charge on any atom is 0.115 e. The predicted molar refractivity (Wildman–Crippen MR) is 111 cm³/mol. The molecule has 2 aromatic carbocycles. The molecule has 2 aliphatic rings. The minimum atomic E-state index is 0.100. The van der Waals surface area contributed by atoms with Gasteiger partial charge in [-0.25, -0.2) is 0 Å². The van der Waals surface area contributed by atoms with Gasteiger partial charge in [-0.3, -0.25) is 9.80 Å². The summed E-state index contributed by atoms with van der Waals surface area (Å²) in [6.07, 6.45) is 1.13. The Kier molecular flexibility index (Phi) is 5.19. The molecule has 3 atom stereocenters. The van der Waals surface area contributed by atoms with Crippen molar-refractivity contribution in [2.75, 3.05) is 26.2 Å². The molecule has 3 nitrogen and oxygen atoms in total. The molecule has 2 aromatic rings. The monoisotopic (exact) mass is 384 g/mol. The van der Waals surface area contributed by atoms with E-state index in [1.165, 1.54) is 11.1 Å². The molecule has 2 saturated heterocycles. The lowest BCUT2D eigenvalue weighted by Crippen LogP contribution is -2.60. The second-order valence-corrected chi connectivity index (χ2v) is 9.02. The standard InChI is InChI=1S/C23H29ClN2O/c1-17-14-26-11-10-25(15-18-6-8-20(24)9-7-18)16-21(26)13-23(17,2)19-4-3-5-22(27)12-19/h3-9,12,17,21,27H,10-11,13-16H2,1-2H3.